The average Bonchev–Trinajstić information content (AvgIpc) is 2.60. The zero-order valence-electron chi connectivity index (χ0n) is 11.2. The van der Waals surface area contributed by atoms with Crippen molar-refractivity contribution in [3.63, 3.8) is 0 Å². The summed E-state index contributed by atoms with van der Waals surface area (Å²) in [6, 6.07) is 0.434. The van der Waals surface area contributed by atoms with E-state index in [1.165, 1.54) is 17.7 Å². The van der Waals surface area contributed by atoms with Gasteiger partial charge in [0, 0.05) is 24.8 Å². The maximum Gasteiger partial charge on any atom is 0.0669 e. The molecule has 0 bridgehead atoms. The van der Waals surface area contributed by atoms with E-state index < -0.39 is 0 Å². The number of hydrogen-bond donors (Lipinski definition) is 1. The van der Waals surface area contributed by atoms with Crippen molar-refractivity contribution >= 4 is 0 Å². The van der Waals surface area contributed by atoms with Gasteiger partial charge in [0.25, 0.3) is 0 Å². The van der Waals surface area contributed by atoms with Crippen molar-refractivity contribution < 1.29 is 0 Å². The first-order valence-corrected chi connectivity index (χ1v) is 6.35. The van der Waals surface area contributed by atoms with E-state index in [4.69, 9.17) is 0 Å². The van der Waals surface area contributed by atoms with E-state index in [1.807, 2.05) is 11.7 Å². The van der Waals surface area contributed by atoms with Gasteiger partial charge in [-0.05, 0) is 25.3 Å². The Morgan fingerprint density at radius 3 is 2.56 bits per heavy atom. The molecule has 0 spiro atoms. The van der Waals surface area contributed by atoms with Crippen LogP contribution < -0.4 is 5.32 Å². The van der Waals surface area contributed by atoms with Crippen LogP contribution in [-0.2, 0) is 13.5 Å². The fourth-order valence-corrected chi connectivity index (χ4v) is 2.09. The van der Waals surface area contributed by atoms with Crippen LogP contribution >= 0.6 is 0 Å². The molecule has 0 aromatic carbocycles. The summed E-state index contributed by atoms with van der Waals surface area (Å²) in [5.41, 5.74) is 2.60. The first kappa shape index (κ1) is 13.2. The van der Waals surface area contributed by atoms with Crippen LogP contribution in [0.4, 0.5) is 0 Å². The maximum absolute atomic E-state index is 4.52. The van der Waals surface area contributed by atoms with E-state index in [0.29, 0.717) is 12.0 Å². The number of nitrogens with zero attached hydrogens (tertiary/aromatic N) is 2. The predicted molar refractivity (Wildman–Crippen MR) is 68.5 cm³/mol. The highest BCUT2D eigenvalue weighted by Gasteiger charge is 2.19. The van der Waals surface area contributed by atoms with Crippen molar-refractivity contribution in [1.29, 1.82) is 0 Å². The van der Waals surface area contributed by atoms with Crippen LogP contribution in [0.25, 0.3) is 0 Å². The van der Waals surface area contributed by atoms with Gasteiger partial charge < -0.3 is 5.32 Å². The lowest BCUT2D eigenvalue weighted by molar-refractivity contribution is 0.410. The highest BCUT2D eigenvalue weighted by Crippen LogP contribution is 2.24. The normalized spacial score (nSPS) is 13.4. The average molecular weight is 223 g/mol. The number of aromatic nitrogens is 2. The second-order valence-corrected chi connectivity index (χ2v) is 4.73. The fourth-order valence-electron chi connectivity index (χ4n) is 2.09. The summed E-state index contributed by atoms with van der Waals surface area (Å²) in [5.74, 6) is 0.598. The van der Waals surface area contributed by atoms with Crippen LogP contribution in [0, 0.1) is 5.92 Å². The highest BCUT2D eigenvalue weighted by atomic mass is 15.3. The van der Waals surface area contributed by atoms with Crippen LogP contribution in [0.1, 0.15) is 51.4 Å². The Morgan fingerprint density at radius 1 is 1.38 bits per heavy atom. The van der Waals surface area contributed by atoms with Crippen LogP contribution in [0.3, 0.4) is 0 Å². The Hall–Kier alpha value is -0.830. The number of hydrogen-bond acceptors (Lipinski definition) is 2. The molecule has 1 heterocycles. The summed E-state index contributed by atoms with van der Waals surface area (Å²) in [5, 5.41) is 8.14. The van der Waals surface area contributed by atoms with Crippen molar-refractivity contribution in [2.24, 2.45) is 13.0 Å². The molecule has 0 aliphatic carbocycles. The first-order chi connectivity index (χ1) is 7.60. The van der Waals surface area contributed by atoms with Crippen molar-refractivity contribution in [1.82, 2.24) is 15.1 Å². The largest absolute Gasteiger partial charge is 0.310 e. The molecule has 1 N–H and O–H groups in total. The fraction of sp³-hybridized carbons (Fsp3) is 0.769. The second kappa shape index (κ2) is 6.04. The lowest BCUT2D eigenvalue weighted by Crippen LogP contribution is -2.26. The van der Waals surface area contributed by atoms with Gasteiger partial charge >= 0.3 is 0 Å². The van der Waals surface area contributed by atoms with E-state index in [2.05, 4.69) is 44.3 Å². The minimum atomic E-state index is 0.434. The molecule has 16 heavy (non-hydrogen) atoms. The van der Waals surface area contributed by atoms with Crippen molar-refractivity contribution in [3.8, 4) is 0 Å². The summed E-state index contributed by atoms with van der Waals surface area (Å²) >= 11 is 0. The van der Waals surface area contributed by atoms with Gasteiger partial charge in [-0.2, -0.15) is 5.10 Å². The topological polar surface area (TPSA) is 29.9 Å². The predicted octanol–water partition coefficient (Wildman–Crippen LogP) is 2.68. The molecule has 1 aromatic heterocycles. The summed E-state index contributed by atoms with van der Waals surface area (Å²) < 4.78 is 1.93. The van der Waals surface area contributed by atoms with Gasteiger partial charge in [0.15, 0.2) is 0 Å². The molecule has 1 rings (SSSR count). The third-order valence-electron chi connectivity index (χ3n) is 2.89. The monoisotopic (exact) mass is 223 g/mol. The van der Waals surface area contributed by atoms with E-state index in [0.717, 1.165) is 13.0 Å². The Bertz CT molecular complexity index is 315. The summed E-state index contributed by atoms with van der Waals surface area (Å²) in [7, 11) is 2.00. The third kappa shape index (κ3) is 3.08. The molecule has 0 fully saturated rings. The molecule has 3 heteroatoms. The minimum absolute atomic E-state index is 0.434. The maximum atomic E-state index is 4.52. The summed E-state index contributed by atoms with van der Waals surface area (Å²) in [6.07, 6.45) is 4.34. The Balaban J connectivity index is 2.90. The molecule has 0 amide bonds. The SMILES string of the molecule is CCCNC(c1cn(C)nc1CC)C(C)C. The standard InChI is InChI=1S/C13H25N3/c1-6-8-14-13(10(3)4)11-9-16(5)15-12(11)7-2/h9-10,13-14H,6-8H2,1-5H3. The summed E-state index contributed by atoms with van der Waals surface area (Å²) in [4.78, 5) is 0. The van der Waals surface area contributed by atoms with Gasteiger partial charge in [-0.25, -0.2) is 0 Å². The molecule has 0 saturated carbocycles. The van der Waals surface area contributed by atoms with Crippen LogP contribution in [0.2, 0.25) is 0 Å². The number of rotatable bonds is 6. The Labute approximate surface area is 99.2 Å². The first-order valence-electron chi connectivity index (χ1n) is 6.35. The molecule has 0 saturated heterocycles. The van der Waals surface area contributed by atoms with Crippen molar-refractivity contribution in [2.45, 2.75) is 46.6 Å². The highest BCUT2D eigenvalue weighted by molar-refractivity contribution is 5.22. The molecule has 92 valence electrons. The quantitative estimate of drug-likeness (QED) is 0.803. The number of nitrogens with one attached hydrogen (secondary N) is 1. The van der Waals surface area contributed by atoms with Crippen LogP contribution in [0.5, 0.6) is 0 Å². The van der Waals surface area contributed by atoms with Crippen molar-refractivity contribution in [3.05, 3.63) is 17.5 Å². The molecule has 0 aliphatic heterocycles. The van der Waals surface area contributed by atoms with Crippen LogP contribution in [0.15, 0.2) is 6.20 Å². The van der Waals surface area contributed by atoms with Crippen molar-refractivity contribution in [2.75, 3.05) is 6.54 Å². The summed E-state index contributed by atoms with van der Waals surface area (Å²) in [6.45, 7) is 9.97. The van der Waals surface area contributed by atoms with E-state index in [1.54, 1.807) is 0 Å². The van der Waals surface area contributed by atoms with Gasteiger partial charge in [0.1, 0.15) is 0 Å². The molecular weight excluding hydrogens is 198 g/mol. The zero-order valence-corrected chi connectivity index (χ0v) is 11.2. The number of aryl methyl sites for hydroxylation is 2. The van der Waals surface area contributed by atoms with Gasteiger partial charge in [-0.1, -0.05) is 27.7 Å². The molecular formula is C13H25N3. The molecule has 1 aromatic rings. The van der Waals surface area contributed by atoms with Gasteiger partial charge in [0.05, 0.1) is 5.69 Å². The smallest absolute Gasteiger partial charge is 0.0669 e. The molecule has 0 aliphatic rings. The lowest BCUT2D eigenvalue weighted by Gasteiger charge is -2.22. The minimum Gasteiger partial charge on any atom is -0.310 e. The van der Waals surface area contributed by atoms with Gasteiger partial charge in [-0.15, -0.1) is 0 Å². The van der Waals surface area contributed by atoms with Crippen LogP contribution in [-0.4, -0.2) is 16.3 Å². The molecule has 1 unspecified atom stereocenters. The third-order valence-corrected chi connectivity index (χ3v) is 2.89. The van der Waals surface area contributed by atoms with E-state index in [9.17, 15) is 0 Å². The molecule has 1 atom stereocenters. The van der Waals surface area contributed by atoms with E-state index >= 15 is 0 Å². The lowest BCUT2D eigenvalue weighted by atomic mass is 9.95. The zero-order chi connectivity index (χ0) is 12.1. The Morgan fingerprint density at radius 2 is 2.06 bits per heavy atom. The van der Waals surface area contributed by atoms with E-state index in [-0.39, 0.29) is 0 Å². The molecule has 0 radical (unpaired) electrons. The second-order valence-electron chi connectivity index (χ2n) is 4.73. The van der Waals surface area contributed by atoms with Gasteiger partial charge in [0.2, 0.25) is 0 Å². The van der Waals surface area contributed by atoms with Gasteiger partial charge in [-0.3, -0.25) is 4.68 Å². The molecule has 3 nitrogen and oxygen atoms in total. The Kier molecular flexibility index (Phi) is 5.00.